The summed E-state index contributed by atoms with van der Waals surface area (Å²) in [5.41, 5.74) is 0. The first-order valence-electron chi connectivity index (χ1n) is 4.29. The fourth-order valence-corrected chi connectivity index (χ4v) is 1.27. The normalized spacial score (nSPS) is 20.2. The van der Waals surface area contributed by atoms with Crippen LogP contribution >= 0.6 is 0 Å². The van der Waals surface area contributed by atoms with Gasteiger partial charge in [-0.05, 0) is 19.3 Å². The molecule has 3 heteroatoms. The van der Waals surface area contributed by atoms with Crippen molar-refractivity contribution in [2.75, 3.05) is 6.61 Å². The van der Waals surface area contributed by atoms with Gasteiger partial charge in [0, 0.05) is 12.0 Å². The van der Waals surface area contributed by atoms with Gasteiger partial charge in [0.15, 0.2) is 0 Å². The van der Waals surface area contributed by atoms with Crippen LogP contribution in [-0.2, 0) is 9.53 Å². The first-order valence-corrected chi connectivity index (χ1v) is 4.29. The lowest BCUT2D eigenvalue weighted by atomic mass is 9.97. The van der Waals surface area contributed by atoms with E-state index in [-0.39, 0.29) is 11.4 Å². The van der Waals surface area contributed by atoms with Gasteiger partial charge in [0.1, 0.15) is 0 Å². The third-order valence-corrected chi connectivity index (χ3v) is 1.96. The van der Waals surface area contributed by atoms with E-state index in [4.69, 9.17) is 4.74 Å². The summed E-state index contributed by atoms with van der Waals surface area (Å²) in [7, 11) is 0. The minimum atomic E-state index is -0.325. The first-order chi connectivity index (χ1) is 5.83. The maximum absolute atomic E-state index is 10.7. The molecule has 0 aromatic rings. The van der Waals surface area contributed by atoms with Gasteiger partial charge in [-0.2, -0.15) is 0 Å². The number of allylic oxidation sites excluding steroid dienone is 1. The molecule has 74 valence electrons. The van der Waals surface area contributed by atoms with Crippen LogP contribution in [0.4, 0.5) is 0 Å². The number of hydrogen-bond donors (Lipinski definition) is 0. The Bertz CT molecular complexity index is 196. The van der Waals surface area contributed by atoms with Gasteiger partial charge in [-0.3, -0.25) is 0 Å². The minimum absolute atomic E-state index is 0. The van der Waals surface area contributed by atoms with Crippen LogP contribution in [0.3, 0.4) is 0 Å². The average molecular weight is 184 g/mol. The van der Waals surface area contributed by atoms with E-state index in [2.05, 4.69) is 18.7 Å². The number of carbonyl (C=O) groups excluding carboxylic acids is 1. The van der Waals surface area contributed by atoms with E-state index in [1.165, 1.54) is 12.5 Å². The van der Waals surface area contributed by atoms with Gasteiger partial charge in [0.2, 0.25) is 0 Å². The van der Waals surface area contributed by atoms with Gasteiger partial charge in [0.25, 0.3) is 0 Å². The summed E-state index contributed by atoms with van der Waals surface area (Å²) in [5, 5.41) is 0. The summed E-state index contributed by atoms with van der Waals surface area (Å²) < 4.78 is 4.92. The molecule has 0 heterocycles. The molecule has 1 aliphatic rings. The first kappa shape index (κ1) is 11.9. The quantitative estimate of drug-likeness (QED) is 0.376. The third kappa shape index (κ3) is 4.48. The molecular formula is C10H16O3. The third-order valence-electron chi connectivity index (χ3n) is 1.96. The van der Waals surface area contributed by atoms with Crippen molar-refractivity contribution in [3.05, 3.63) is 24.8 Å². The van der Waals surface area contributed by atoms with Gasteiger partial charge < -0.3 is 10.2 Å². The van der Waals surface area contributed by atoms with Crippen molar-refractivity contribution in [2.24, 2.45) is 5.92 Å². The Morgan fingerprint density at radius 3 is 3.00 bits per heavy atom. The summed E-state index contributed by atoms with van der Waals surface area (Å²) in [6, 6.07) is 0. The highest BCUT2D eigenvalue weighted by atomic mass is 16.5. The van der Waals surface area contributed by atoms with Gasteiger partial charge in [-0.15, -0.1) is 0 Å². The molecule has 0 amide bonds. The Morgan fingerprint density at radius 2 is 2.46 bits per heavy atom. The molecule has 1 rings (SSSR count). The number of ether oxygens (including phenoxy) is 1. The zero-order valence-electron chi connectivity index (χ0n) is 7.66. The van der Waals surface area contributed by atoms with Crippen LogP contribution in [0, 0.1) is 5.92 Å². The lowest BCUT2D eigenvalue weighted by Crippen LogP contribution is -2.12. The van der Waals surface area contributed by atoms with Crippen LogP contribution in [0.25, 0.3) is 0 Å². The van der Waals surface area contributed by atoms with Crippen molar-refractivity contribution in [3.8, 4) is 0 Å². The molecule has 0 spiro atoms. The van der Waals surface area contributed by atoms with E-state index >= 15 is 0 Å². The highest BCUT2D eigenvalue weighted by Gasteiger charge is 2.09. The van der Waals surface area contributed by atoms with E-state index < -0.39 is 0 Å². The standard InChI is InChI=1S/C10H14O2.H2O/c1-2-10(11)12-8-9-6-4-3-5-7-9;/h2,4,6,9H,1,3,5,7-8H2;1H2. The van der Waals surface area contributed by atoms with Gasteiger partial charge in [-0.1, -0.05) is 18.7 Å². The van der Waals surface area contributed by atoms with Crippen molar-refractivity contribution >= 4 is 5.97 Å². The number of rotatable bonds is 3. The fraction of sp³-hybridized carbons (Fsp3) is 0.500. The van der Waals surface area contributed by atoms with Crippen molar-refractivity contribution in [3.63, 3.8) is 0 Å². The maximum atomic E-state index is 10.7. The molecule has 1 atom stereocenters. The molecule has 0 aliphatic heterocycles. The summed E-state index contributed by atoms with van der Waals surface area (Å²) in [6.07, 6.45) is 8.96. The van der Waals surface area contributed by atoms with Crippen LogP contribution in [0.1, 0.15) is 19.3 Å². The smallest absolute Gasteiger partial charge is 0.330 e. The van der Waals surface area contributed by atoms with E-state index in [9.17, 15) is 4.79 Å². The Labute approximate surface area is 78.4 Å². The zero-order chi connectivity index (χ0) is 8.81. The molecule has 13 heavy (non-hydrogen) atoms. The molecular weight excluding hydrogens is 168 g/mol. The van der Waals surface area contributed by atoms with E-state index in [0.29, 0.717) is 12.5 Å². The molecule has 0 saturated carbocycles. The zero-order valence-corrected chi connectivity index (χ0v) is 7.66. The Hall–Kier alpha value is -1.09. The molecule has 3 nitrogen and oxygen atoms in total. The maximum Gasteiger partial charge on any atom is 0.330 e. The highest BCUT2D eigenvalue weighted by molar-refractivity contribution is 5.81. The van der Waals surface area contributed by atoms with Crippen LogP contribution in [0.15, 0.2) is 24.8 Å². The second kappa shape index (κ2) is 6.43. The Kier molecular flexibility index (Phi) is 5.89. The predicted molar refractivity (Wildman–Crippen MR) is 51.3 cm³/mol. The molecule has 1 aliphatic carbocycles. The molecule has 1 unspecified atom stereocenters. The second-order valence-electron chi connectivity index (χ2n) is 2.95. The largest absolute Gasteiger partial charge is 0.462 e. The molecule has 0 radical (unpaired) electrons. The monoisotopic (exact) mass is 184 g/mol. The van der Waals surface area contributed by atoms with E-state index in [1.807, 2.05) is 0 Å². The van der Waals surface area contributed by atoms with E-state index in [1.54, 1.807) is 0 Å². The summed E-state index contributed by atoms with van der Waals surface area (Å²) in [5.74, 6) is 0.0941. The molecule has 0 fully saturated rings. The van der Waals surface area contributed by atoms with Crippen molar-refractivity contribution in [1.29, 1.82) is 0 Å². The average Bonchev–Trinajstić information content (AvgIpc) is 2.16. The number of esters is 1. The Balaban J connectivity index is 0.00000144. The summed E-state index contributed by atoms with van der Waals surface area (Å²) in [6.45, 7) is 3.83. The second-order valence-corrected chi connectivity index (χ2v) is 2.95. The van der Waals surface area contributed by atoms with Gasteiger partial charge >= 0.3 is 5.97 Å². The van der Waals surface area contributed by atoms with Gasteiger partial charge in [0.05, 0.1) is 6.61 Å². The van der Waals surface area contributed by atoms with Gasteiger partial charge in [-0.25, -0.2) is 4.79 Å². The molecule has 2 N–H and O–H groups in total. The SMILES string of the molecule is C=CC(=O)OCC1C=CCCC1.O. The number of hydrogen-bond acceptors (Lipinski definition) is 2. The highest BCUT2D eigenvalue weighted by Crippen LogP contribution is 2.16. The molecule has 0 saturated heterocycles. The topological polar surface area (TPSA) is 57.8 Å². The molecule has 0 aromatic heterocycles. The van der Waals surface area contributed by atoms with Crippen molar-refractivity contribution < 1.29 is 15.0 Å². The summed E-state index contributed by atoms with van der Waals surface area (Å²) >= 11 is 0. The lowest BCUT2D eigenvalue weighted by Gasteiger charge is -2.15. The number of carbonyl (C=O) groups is 1. The summed E-state index contributed by atoms with van der Waals surface area (Å²) in [4.78, 5) is 10.7. The fourth-order valence-electron chi connectivity index (χ4n) is 1.27. The van der Waals surface area contributed by atoms with Crippen molar-refractivity contribution in [1.82, 2.24) is 0 Å². The lowest BCUT2D eigenvalue weighted by molar-refractivity contribution is -0.138. The minimum Gasteiger partial charge on any atom is -0.462 e. The van der Waals surface area contributed by atoms with Crippen molar-refractivity contribution in [2.45, 2.75) is 19.3 Å². The molecule has 0 aromatic carbocycles. The van der Waals surface area contributed by atoms with Crippen LogP contribution in [-0.4, -0.2) is 18.1 Å². The Morgan fingerprint density at radius 1 is 1.69 bits per heavy atom. The van der Waals surface area contributed by atoms with E-state index in [0.717, 1.165) is 12.8 Å². The van der Waals surface area contributed by atoms with Crippen LogP contribution in [0.5, 0.6) is 0 Å². The van der Waals surface area contributed by atoms with Crippen LogP contribution < -0.4 is 0 Å². The molecule has 0 bridgehead atoms. The predicted octanol–water partition coefficient (Wildman–Crippen LogP) is 1.25. The van der Waals surface area contributed by atoms with Crippen LogP contribution in [0.2, 0.25) is 0 Å².